The molecule has 6 heteroatoms. The number of aliphatic hydroxyl groups excluding tert-OH is 1. The lowest BCUT2D eigenvalue weighted by Gasteiger charge is -2.09. The van der Waals surface area contributed by atoms with E-state index in [1.54, 1.807) is 24.3 Å². The van der Waals surface area contributed by atoms with Gasteiger partial charge in [-0.1, -0.05) is 18.2 Å². The molecule has 0 atom stereocenters. The fourth-order valence-corrected chi connectivity index (χ4v) is 2.78. The molecule has 5 nitrogen and oxygen atoms in total. The van der Waals surface area contributed by atoms with Gasteiger partial charge in [0.25, 0.3) is 10.0 Å². The van der Waals surface area contributed by atoms with Crippen LogP contribution < -0.4 is 4.72 Å². The third-order valence-electron chi connectivity index (χ3n) is 2.64. The number of nitrogens with one attached hydrogen (secondary N) is 1. The van der Waals surface area contributed by atoms with Gasteiger partial charge in [0.15, 0.2) is 0 Å². The Morgan fingerprint density at radius 2 is 1.90 bits per heavy atom. The molecule has 0 unspecified atom stereocenters. The second kappa shape index (κ2) is 5.74. The van der Waals surface area contributed by atoms with Crippen molar-refractivity contribution in [3.05, 3.63) is 59.7 Å². The summed E-state index contributed by atoms with van der Waals surface area (Å²) in [7, 11) is -3.75. The number of anilines is 1. The first-order valence-electron chi connectivity index (χ1n) is 5.78. The number of hydrogen-bond donors (Lipinski definition) is 2. The lowest BCUT2D eigenvalue weighted by Crippen LogP contribution is -2.13. The molecular formula is C14H12N2O3S. The van der Waals surface area contributed by atoms with Gasteiger partial charge in [-0.2, -0.15) is 5.26 Å². The average Bonchev–Trinajstić information content (AvgIpc) is 2.47. The second-order valence-corrected chi connectivity index (χ2v) is 5.79. The quantitative estimate of drug-likeness (QED) is 0.898. The fourth-order valence-electron chi connectivity index (χ4n) is 1.68. The van der Waals surface area contributed by atoms with Crippen LogP contribution in [0.5, 0.6) is 0 Å². The van der Waals surface area contributed by atoms with Gasteiger partial charge in [-0.3, -0.25) is 4.72 Å². The van der Waals surface area contributed by atoms with Crippen molar-refractivity contribution in [2.75, 3.05) is 4.72 Å². The molecule has 0 saturated heterocycles. The standard InChI is InChI=1S/C14H12N2O3S/c15-9-11-3-2-6-14(8-11)20(18,19)16-13-5-1-4-12(7-13)10-17/h1-8,16-17H,10H2. The van der Waals surface area contributed by atoms with Crippen LogP contribution in [0, 0.1) is 11.3 Å². The smallest absolute Gasteiger partial charge is 0.261 e. The Bertz CT molecular complexity index is 764. The zero-order valence-corrected chi connectivity index (χ0v) is 11.3. The van der Waals surface area contributed by atoms with E-state index in [4.69, 9.17) is 10.4 Å². The van der Waals surface area contributed by atoms with Gasteiger partial charge >= 0.3 is 0 Å². The van der Waals surface area contributed by atoms with Crippen LogP contribution in [0.3, 0.4) is 0 Å². The molecule has 0 bridgehead atoms. The maximum Gasteiger partial charge on any atom is 0.261 e. The average molecular weight is 288 g/mol. The molecule has 0 aromatic heterocycles. The summed E-state index contributed by atoms with van der Waals surface area (Å²) < 4.78 is 26.8. The lowest BCUT2D eigenvalue weighted by molar-refractivity contribution is 0.282. The molecule has 2 N–H and O–H groups in total. The third-order valence-corrected chi connectivity index (χ3v) is 4.01. The van der Waals surface area contributed by atoms with Gasteiger partial charge in [0.05, 0.1) is 23.1 Å². The molecule has 0 aliphatic heterocycles. The summed E-state index contributed by atoms with van der Waals surface area (Å²) in [4.78, 5) is 0.0194. The molecule has 0 fully saturated rings. The number of aliphatic hydroxyl groups is 1. The predicted octanol–water partition coefficient (Wildman–Crippen LogP) is 1.85. The minimum absolute atomic E-state index is 0.0194. The largest absolute Gasteiger partial charge is 0.392 e. The molecule has 0 aliphatic carbocycles. The topological polar surface area (TPSA) is 90.2 Å². The molecule has 2 aromatic rings. The fraction of sp³-hybridized carbons (Fsp3) is 0.0714. The van der Waals surface area contributed by atoms with Crippen molar-refractivity contribution in [1.29, 1.82) is 5.26 Å². The van der Waals surface area contributed by atoms with Gasteiger partial charge in [0.2, 0.25) is 0 Å². The normalized spacial score (nSPS) is 10.8. The Morgan fingerprint density at radius 3 is 2.60 bits per heavy atom. The van der Waals surface area contributed by atoms with Gasteiger partial charge in [-0.05, 0) is 35.9 Å². The van der Waals surface area contributed by atoms with Gasteiger partial charge in [0.1, 0.15) is 0 Å². The Kier molecular flexibility index (Phi) is 4.03. The van der Waals surface area contributed by atoms with Crippen LogP contribution in [0.4, 0.5) is 5.69 Å². The van der Waals surface area contributed by atoms with Crippen molar-refractivity contribution in [2.24, 2.45) is 0 Å². The predicted molar refractivity (Wildman–Crippen MR) is 74.3 cm³/mol. The van der Waals surface area contributed by atoms with Gasteiger partial charge < -0.3 is 5.11 Å². The van der Waals surface area contributed by atoms with Crippen LogP contribution >= 0.6 is 0 Å². The van der Waals surface area contributed by atoms with E-state index < -0.39 is 10.0 Å². The maximum atomic E-state index is 12.2. The van der Waals surface area contributed by atoms with E-state index in [0.29, 0.717) is 11.3 Å². The highest BCUT2D eigenvalue weighted by Crippen LogP contribution is 2.18. The van der Waals surface area contributed by atoms with E-state index in [1.807, 2.05) is 6.07 Å². The maximum absolute atomic E-state index is 12.2. The SMILES string of the molecule is N#Cc1cccc(S(=O)(=O)Nc2cccc(CO)c2)c1. The highest BCUT2D eigenvalue weighted by atomic mass is 32.2. The van der Waals surface area contributed by atoms with E-state index in [-0.39, 0.29) is 17.1 Å². The molecule has 0 heterocycles. The summed E-state index contributed by atoms with van der Waals surface area (Å²) in [6.45, 7) is -0.167. The van der Waals surface area contributed by atoms with Crippen molar-refractivity contribution in [2.45, 2.75) is 11.5 Å². The Morgan fingerprint density at radius 1 is 1.15 bits per heavy atom. The number of hydrogen-bond acceptors (Lipinski definition) is 4. The monoisotopic (exact) mass is 288 g/mol. The Labute approximate surface area is 117 Å². The van der Waals surface area contributed by atoms with Gasteiger partial charge in [-0.25, -0.2) is 8.42 Å². The van der Waals surface area contributed by atoms with Crippen molar-refractivity contribution in [3.63, 3.8) is 0 Å². The van der Waals surface area contributed by atoms with E-state index >= 15 is 0 Å². The summed E-state index contributed by atoms with van der Waals surface area (Å²) in [6.07, 6.45) is 0. The van der Waals surface area contributed by atoms with E-state index in [9.17, 15) is 8.42 Å². The summed E-state index contributed by atoms with van der Waals surface area (Å²) >= 11 is 0. The first-order chi connectivity index (χ1) is 9.55. The van der Waals surface area contributed by atoms with Crippen LogP contribution in [0.1, 0.15) is 11.1 Å². The third kappa shape index (κ3) is 3.15. The van der Waals surface area contributed by atoms with Crippen LogP contribution in [0.2, 0.25) is 0 Å². The number of nitriles is 1. The molecule has 0 amide bonds. The highest BCUT2D eigenvalue weighted by molar-refractivity contribution is 7.92. The lowest BCUT2D eigenvalue weighted by atomic mass is 10.2. The Hall–Kier alpha value is -2.36. The minimum atomic E-state index is -3.75. The zero-order valence-electron chi connectivity index (χ0n) is 10.4. The molecule has 2 aromatic carbocycles. The minimum Gasteiger partial charge on any atom is -0.392 e. The molecular weight excluding hydrogens is 276 g/mol. The molecule has 2 rings (SSSR count). The summed E-state index contributed by atoms with van der Waals surface area (Å²) in [5, 5.41) is 17.8. The van der Waals surface area contributed by atoms with Crippen LogP contribution in [-0.2, 0) is 16.6 Å². The highest BCUT2D eigenvalue weighted by Gasteiger charge is 2.14. The first kappa shape index (κ1) is 14.1. The molecule has 0 saturated carbocycles. The van der Waals surface area contributed by atoms with E-state index in [2.05, 4.69) is 4.72 Å². The molecule has 102 valence electrons. The summed E-state index contributed by atoms with van der Waals surface area (Å²) in [5.74, 6) is 0. The molecule has 0 spiro atoms. The van der Waals surface area contributed by atoms with Crippen molar-refractivity contribution in [3.8, 4) is 6.07 Å². The number of nitrogens with zero attached hydrogens (tertiary/aromatic N) is 1. The van der Waals surface area contributed by atoms with Gasteiger partial charge in [-0.15, -0.1) is 0 Å². The Balaban J connectivity index is 2.33. The second-order valence-electron chi connectivity index (χ2n) is 4.10. The first-order valence-corrected chi connectivity index (χ1v) is 7.26. The zero-order chi connectivity index (χ0) is 14.6. The number of benzene rings is 2. The summed E-state index contributed by atoms with van der Waals surface area (Å²) in [6, 6.07) is 14.1. The number of rotatable bonds is 4. The van der Waals surface area contributed by atoms with Crippen molar-refractivity contribution < 1.29 is 13.5 Å². The molecule has 0 aliphatic rings. The van der Waals surface area contributed by atoms with Crippen LogP contribution in [-0.4, -0.2) is 13.5 Å². The van der Waals surface area contributed by atoms with Crippen molar-refractivity contribution in [1.82, 2.24) is 0 Å². The van der Waals surface area contributed by atoms with Crippen LogP contribution in [0.25, 0.3) is 0 Å². The molecule has 20 heavy (non-hydrogen) atoms. The van der Waals surface area contributed by atoms with E-state index in [0.717, 1.165) is 0 Å². The van der Waals surface area contributed by atoms with Crippen LogP contribution in [0.15, 0.2) is 53.4 Å². The summed E-state index contributed by atoms with van der Waals surface area (Å²) in [5.41, 5.74) is 1.24. The van der Waals surface area contributed by atoms with E-state index in [1.165, 1.54) is 24.3 Å². The van der Waals surface area contributed by atoms with Crippen molar-refractivity contribution >= 4 is 15.7 Å². The molecule has 0 radical (unpaired) electrons. The van der Waals surface area contributed by atoms with Gasteiger partial charge in [0, 0.05) is 5.69 Å². The number of sulfonamides is 1.